The number of unbranched alkanes of at least 4 members (excludes halogenated alkanes) is 9. The maximum absolute atomic E-state index is 11.3. The lowest BCUT2D eigenvalue weighted by Crippen LogP contribution is -2.03. The van der Waals surface area contributed by atoms with Crippen LogP contribution in [-0.2, 0) is 16.5 Å². The molecule has 0 atom stereocenters. The van der Waals surface area contributed by atoms with Gasteiger partial charge in [-0.1, -0.05) is 107 Å². The van der Waals surface area contributed by atoms with Crippen LogP contribution in [0.25, 0.3) is 10.8 Å². The molecule has 3 rings (SSSR count). The third-order valence-electron chi connectivity index (χ3n) is 5.93. The minimum absolute atomic E-state index is 0.0610. The lowest BCUT2D eigenvalue weighted by molar-refractivity contribution is 0.480. The molecule has 0 aliphatic rings. The molecular formula is C28H38O4S2. The Morgan fingerprint density at radius 3 is 1.82 bits per heavy atom. The lowest BCUT2D eigenvalue weighted by atomic mass is 10.0. The van der Waals surface area contributed by atoms with Gasteiger partial charge in [-0.2, -0.15) is 8.42 Å². The number of hydrogen-bond acceptors (Lipinski definition) is 4. The molecule has 0 unspecified atom stereocenters. The first-order chi connectivity index (χ1) is 16.3. The molecule has 186 valence electrons. The molecule has 0 aromatic heterocycles. The van der Waals surface area contributed by atoms with Crippen LogP contribution >= 0.6 is 12.6 Å². The molecule has 0 aliphatic heterocycles. The monoisotopic (exact) mass is 502 g/mol. The maximum atomic E-state index is 11.3. The summed E-state index contributed by atoms with van der Waals surface area (Å²) in [7, 11) is -4.10. The number of phenols is 1. The van der Waals surface area contributed by atoms with Crippen LogP contribution in [0.5, 0.6) is 5.75 Å². The van der Waals surface area contributed by atoms with Crippen LogP contribution in [0.3, 0.4) is 0 Å². The van der Waals surface area contributed by atoms with E-state index in [4.69, 9.17) is 0 Å². The van der Waals surface area contributed by atoms with Crippen molar-refractivity contribution < 1.29 is 18.1 Å². The summed E-state index contributed by atoms with van der Waals surface area (Å²) >= 11 is 4.29. The number of aryl methyl sites for hydroxylation is 1. The number of fused-ring (bicyclic) bond motifs is 1. The van der Waals surface area contributed by atoms with Gasteiger partial charge in [0.05, 0.1) is 4.90 Å². The number of benzene rings is 3. The molecule has 0 bridgehead atoms. The predicted octanol–water partition coefficient (Wildman–Crippen LogP) is 8.23. The van der Waals surface area contributed by atoms with Crippen molar-refractivity contribution in [3.63, 3.8) is 0 Å². The van der Waals surface area contributed by atoms with Crippen LogP contribution in [0.15, 0.2) is 70.5 Å². The second-order valence-electron chi connectivity index (χ2n) is 8.66. The second kappa shape index (κ2) is 15.1. The van der Waals surface area contributed by atoms with Crippen molar-refractivity contribution >= 4 is 33.5 Å². The van der Waals surface area contributed by atoms with Gasteiger partial charge in [-0.15, -0.1) is 12.6 Å². The van der Waals surface area contributed by atoms with E-state index < -0.39 is 10.1 Å². The van der Waals surface area contributed by atoms with E-state index in [9.17, 15) is 18.1 Å². The summed E-state index contributed by atoms with van der Waals surface area (Å²) in [6.07, 6.45) is 13.3. The minimum atomic E-state index is -4.10. The molecular weight excluding hydrogens is 464 g/mol. The van der Waals surface area contributed by atoms with E-state index in [1.807, 2.05) is 30.3 Å². The summed E-state index contributed by atoms with van der Waals surface area (Å²) in [6.45, 7) is 2.24. The highest BCUT2D eigenvalue weighted by atomic mass is 32.2. The normalized spacial score (nSPS) is 11.3. The number of rotatable bonds is 12. The molecule has 4 nitrogen and oxygen atoms in total. The third-order valence-corrected chi connectivity index (χ3v) is 7.27. The Kier molecular flexibility index (Phi) is 12.5. The van der Waals surface area contributed by atoms with Crippen molar-refractivity contribution in [3.05, 3.63) is 66.2 Å². The fourth-order valence-electron chi connectivity index (χ4n) is 4.03. The van der Waals surface area contributed by atoms with Gasteiger partial charge >= 0.3 is 0 Å². The fourth-order valence-corrected chi connectivity index (χ4v) is 5.05. The first-order valence-electron chi connectivity index (χ1n) is 12.3. The third kappa shape index (κ3) is 9.69. The predicted molar refractivity (Wildman–Crippen MR) is 145 cm³/mol. The average molecular weight is 503 g/mol. The summed E-state index contributed by atoms with van der Waals surface area (Å²) < 4.78 is 31.8. The fraction of sp³-hybridized carbons (Fsp3) is 0.429. The molecule has 0 fully saturated rings. The summed E-state index contributed by atoms with van der Waals surface area (Å²) in [4.78, 5) is 0.953. The van der Waals surface area contributed by atoms with Crippen molar-refractivity contribution in [3.8, 4) is 5.75 Å². The Morgan fingerprint density at radius 1 is 0.706 bits per heavy atom. The van der Waals surface area contributed by atoms with Crippen LogP contribution in [0, 0.1) is 0 Å². The van der Waals surface area contributed by atoms with E-state index in [0.29, 0.717) is 12.2 Å². The van der Waals surface area contributed by atoms with Gasteiger partial charge in [-0.3, -0.25) is 4.55 Å². The van der Waals surface area contributed by atoms with Gasteiger partial charge in [0.25, 0.3) is 10.1 Å². The van der Waals surface area contributed by atoms with E-state index in [1.165, 1.54) is 57.4 Å². The highest BCUT2D eigenvalue weighted by Gasteiger charge is 2.13. The standard InChI is InChI=1S/C18H30O3S.C10H8OS/c1-2-3-4-5-6-7-8-9-10-11-14-17-15-12-13-16-18(17)22(19,20)21;11-9-5-6-10(12)8-4-2-1-3-7(8)9/h12-13,15-16H,2-11,14H2,1H3,(H,19,20,21);1-6,11-12H. The minimum Gasteiger partial charge on any atom is -0.507 e. The average Bonchev–Trinajstić information content (AvgIpc) is 2.83. The SMILES string of the molecule is CCCCCCCCCCCCc1ccccc1S(=O)(=O)O.Oc1ccc(S)c2ccccc12. The maximum Gasteiger partial charge on any atom is 0.294 e. The van der Waals surface area contributed by atoms with Crippen molar-refractivity contribution in [2.45, 2.75) is 87.3 Å². The number of hydrogen-bond donors (Lipinski definition) is 3. The zero-order chi connectivity index (χ0) is 24.8. The van der Waals surface area contributed by atoms with E-state index in [2.05, 4.69) is 19.6 Å². The molecule has 3 aromatic carbocycles. The van der Waals surface area contributed by atoms with Gasteiger partial charge < -0.3 is 5.11 Å². The van der Waals surface area contributed by atoms with Crippen molar-refractivity contribution in [2.75, 3.05) is 0 Å². The number of thiol groups is 1. The zero-order valence-corrected chi connectivity index (χ0v) is 21.8. The Balaban J connectivity index is 0.000000283. The molecule has 6 heteroatoms. The summed E-state index contributed by atoms with van der Waals surface area (Å²) in [5.41, 5.74) is 0.726. The molecule has 0 amide bonds. The largest absolute Gasteiger partial charge is 0.507 e. The molecule has 3 aromatic rings. The van der Waals surface area contributed by atoms with Crippen LogP contribution in [0.4, 0.5) is 0 Å². The van der Waals surface area contributed by atoms with Gasteiger partial charge in [-0.25, -0.2) is 0 Å². The second-order valence-corrected chi connectivity index (χ2v) is 10.5. The molecule has 0 saturated heterocycles. The molecule has 0 radical (unpaired) electrons. The van der Waals surface area contributed by atoms with E-state index >= 15 is 0 Å². The lowest BCUT2D eigenvalue weighted by Gasteiger charge is -2.07. The van der Waals surface area contributed by atoms with Crippen molar-refractivity contribution in [1.29, 1.82) is 0 Å². The van der Waals surface area contributed by atoms with Crippen molar-refractivity contribution in [2.24, 2.45) is 0 Å². The zero-order valence-electron chi connectivity index (χ0n) is 20.1. The summed E-state index contributed by atoms with van der Waals surface area (Å²) in [5, 5.41) is 11.3. The molecule has 0 spiro atoms. The van der Waals surface area contributed by atoms with E-state index in [-0.39, 0.29) is 4.90 Å². The first kappa shape index (κ1) is 28.2. The molecule has 0 saturated carbocycles. The number of phenolic OH excluding ortho intramolecular Hbond substituents is 1. The summed E-state index contributed by atoms with van der Waals surface area (Å²) in [6, 6.07) is 17.8. The van der Waals surface area contributed by atoms with Gasteiger partial charge in [0.1, 0.15) is 5.75 Å². The molecule has 0 heterocycles. The van der Waals surface area contributed by atoms with Crippen LogP contribution in [0.2, 0.25) is 0 Å². The smallest absolute Gasteiger partial charge is 0.294 e. The highest BCUT2D eigenvalue weighted by molar-refractivity contribution is 7.85. The molecule has 2 N–H and O–H groups in total. The van der Waals surface area contributed by atoms with Gasteiger partial charge in [0.15, 0.2) is 0 Å². The number of aromatic hydroxyl groups is 1. The topological polar surface area (TPSA) is 74.6 Å². The Hall–Kier alpha value is -2.02. The summed E-state index contributed by atoms with van der Waals surface area (Å²) in [5.74, 6) is 0.309. The van der Waals surface area contributed by atoms with E-state index in [1.54, 1.807) is 24.3 Å². The first-order valence-corrected chi connectivity index (χ1v) is 14.2. The Bertz CT molecular complexity index is 1070. The molecule has 0 aliphatic carbocycles. The van der Waals surface area contributed by atoms with Gasteiger partial charge in [0.2, 0.25) is 0 Å². The Labute approximate surface area is 210 Å². The van der Waals surface area contributed by atoms with E-state index in [0.717, 1.165) is 34.1 Å². The van der Waals surface area contributed by atoms with Gasteiger partial charge in [0, 0.05) is 10.3 Å². The van der Waals surface area contributed by atoms with Crippen LogP contribution in [0.1, 0.15) is 76.7 Å². The Morgan fingerprint density at radius 2 is 1.24 bits per heavy atom. The van der Waals surface area contributed by atoms with Crippen LogP contribution in [-0.4, -0.2) is 18.1 Å². The molecule has 34 heavy (non-hydrogen) atoms. The van der Waals surface area contributed by atoms with Crippen molar-refractivity contribution in [1.82, 2.24) is 0 Å². The quantitative estimate of drug-likeness (QED) is 0.132. The highest BCUT2D eigenvalue weighted by Crippen LogP contribution is 2.28. The van der Waals surface area contributed by atoms with Gasteiger partial charge in [-0.05, 0) is 42.0 Å². The van der Waals surface area contributed by atoms with Crippen LogP contribution < -0.4 is 0 Å².